The maximum atomic E-state index is 11.6. The fourth-order valence-corrected chi connectivity index (χ4v) is 2.59. The number of amides is 1. The quantitative estimate of drug-likeness (QED) is 0.549. The summed E-state index contributed by atoms with van der Waals surface area (Å²) < 4.78 is 1.96. The van der Waals surface area contributed by atoms with Gasteiger partial charge >= 0.3 is 0 Å². The zero-order valence-corrected chi connectivity index (χ0v) is 13.8. The first-order valence-corrected chi connectivity index (χ1v) is 7.67. The van der Waals surface area contributed by atoms with E-state index in [4.69, 9.17) is 0 Å². The average Bonchev–Trinajstić information content (AvgIpc) is 3.03. The summed E-state index contributed by atoms with van der Waals surface area (Å²) in [6, 6.07) is 10.1. The number of aryl methyl sites for hydroxylation is 1. The van der Waals surface area contributed by atoms with E-state index in [1.807, 2.05) is 35.7 Å². The Morgan fingerprint density at radius 1 is 1.32 bits per heavy atom. The Morgan fingerprint density at radius 3 is 2.80 bits per heavy atom. The van der Waals surface area contributed by atoms with Crippen molar-refractivity contribution in [3.05, 3.63) is 69.7 Å². The average molecular weight is 339 g/mol. The van der Waals surface area contributed by atoms with Gasteiger partial charge in [0.2, 0.25) is 0 Å². The lowest BCUT2D eigenvalue weighted by atomic mass is 10.1. The number of nitro benzene ring substituents is 1. The third kappa shape index (κ3) is 3.27. The molecule has 0 unspecified atom stereocenters. The molecule has 8 heteroatoms. The van der Waals surface area contributed by atoms with E-state index >= 15 is 0 Å². The number of imidazole rings is 1. The second-order valence-electron chi connectivity index (χ2n) is 5.55. The minimum absolute atomic E-state index is 0.152. The van der Waals surface area contributed by atoms with Gasteiger partial charge in [-0.2, -0.15) is 0 Å². The van der Waals surface area contributed by atoms with E-state index in [-0.39, 0.29) is 17.2 Å². The second-order valence-corrected chi connectivity index (χ2v) is 5.55. The van der Waals surface area contributed by atoms with E-state index in [9.17, 15) is 14.9 Å². The fraction of sp³-hybridized carbons (Fsp3) is 0.176. The second kappa shape index (κ2) is 6.60. The van der Waals surface area contributed by atoms with Crippen LogP contribution in [0.2, 0.25) is 0 Å². The maximum absolute atomic E-state index is 11.6. The molecule has 0 spiro atoms. The molecule has 2 heterocycles. The van der Waals surface area contributed by atoms with Crippen LogP contribution in [0.15, 0.2) is 42.6 Å². The van der Waals surface area contributed by atoms with Crippen molar-refractivity contribution in [3.63, 3.8) is 0 Å². The first-order valence-electron chi connectivity index (χ1n) is 7.67. The lowest BCUT2D eigenvalue weighted by molar-refractivity contribution is -0.384. The number of rotatable bonds is 5. The van der Waals surface area contributed by atoms with Crippen molar-refractivity contribution in [2.45, 2.75) is 13.5 Å². The van der Waals surface area contributed by atoms with Crippen LogP contribution in [0.5, 0.6) is 0 Å². The molecule has 0 fully saturated rings. The molecule has 3 aromatic rings. The van der Waals surface area contributed by atoms with E-state index in [2.05, 4.69) is 15.6 Å². The molecule has 0 saturated carbocycles. The minimum Gasteiger partial charge on any atom is -0.374 e. The van der Waals surface area contributed by atoms with Crippen LogP contribution in [0.25, 0.3) is 5.65 Å². The highest BCUT2D eigenvalue weighted by molar-refractivity contribution is 5.95. The number of carbonyl (C=O) groups is 1. The van der Waals surface area contributed by atoms with E-state index < -0.39 is 4.92 Å². The van der Waals surface area contributed by atoms with Gasteiger partial charge in [-0.15, -0.1) is 0 Å². The first kappa shape index (κ1) is 16.4. The van der Waals surface area contributed by atoms with Gasteiger partial charge in [0.1, 0.15) is 11.3 Å². The molecule has 0 radical (unpaired) electrons. The molecular formula is C17H17N5O3. The van der Waals surface area contributed by atoms with Crippen molar-refractivity contribution in [3.8, 4) is 0 Å². The summed E-state index contributed by atoms with van der Waals surface area (Å²) in [4.78, 5) is 26.9. The summed E-state index contributed by atoms with van der Waals surface area (Å²) >= 11 is 0. The number of nitrogens with zero attached hydrogens (tertiary/aromatic N) is 3. The highest BCUT2D eigenvalue weighted by Crippen LogP contribution is 2.26. The number of benzene rings is 1. The molecule has 0 saturated heterocycles. The summed E-state index contributed by atoms with van der Waals surface area (Å²) in [5.41, 5.74) is 3.06. The van der Waals surface area contributed by atoms with E-state index in [1.165, 1.54) is 19.2 Å². The van der Waals surface area contributed by atoms with E-state index in [1.54, 1.807) is 6.07 Å². The standard InChI is InChI=1S/C17H17N5O3/c1-11-4-3-5-16-20-13(10-21(11)16)9-19-14-7-6-12(17(23)18-2)8-15(14)22(24)25/h3-8,10,19H,9H2,1-2H3,(H,18,23). The molecule has 0 bridgehead atoms. The Bertz CT molecular complexity index is 964. The van der Waals surface area contributed by atoms with Crippen LogP contribution in [0.3, 0.4) is 0 Å². The molecule has 128 valence electrons. The predicted molar refractivity (Wildman–Crippen MR) is 93.7 cm³/mol. The molecule has 8 nitrogen and oxygen atoms in total. The van der Waals surface area contributed by atoms with Gasteiger partial charge in [0.25, 0.3) is 11.6 Å². The third-order valence-electron chi connectivity index (χ3n) is 3.89. The Morgan fingerprint density at radius 2 is 2.12 bits per heavy atom. The molecule has 1 aromatic carbocycles. The molecule has 0 atom stereocenters. The van der Waals surface area contributed by atoms with Gasteiger partial charge in [-0.1, -0.05) is 6.07 Å². The summed E-state index contributed by atoms with van der Waals surface area (Å²) in [6.45, 7) is 2.31. The number of aromatic nitrogens is 2. The number of hydrogen-bond acceptors (Lipinski definition) is 5. The number of pyridine rings is 1. The van der Waals surface area contributed by atoms with Crippen molar-refractivity contribution in [2.24, 2.45) is 0 Å². The Kier molecular flexibility index (Phi) is 4.34. The van der Waals surface area contributed by atoms with Crippen molar-refractivity contribution in [1.29, 1.82) is 0 Å². The Labute approximate surface area is 143 Å². The highest BCUT2D eigenvalue weighted by atomic mass is 16.6. The third-order valence-corrected chi connectivity index (χ3v) is 3.89. The van der Waals surface area contributed by atoms with Crippen molar-refractivity contribution in [1.82, 2.24) is 14.7 Å². The van der Waals surface area contributed by atoms with Crippen LogP contribution in [0, 0.1) is 17.0 Å². The fourth-order valence-electron chi connectivity index (χ4n) is 2.59. The van der Waals surface area contributed by atoms with Crippen molar-refractivity contribution in [2.75, 3.05) is 12.4 Å². The van der Waals surface area contributed by atoms with E-state index in [0.717, 1.165) is 17.0 Å². The molecule has 0 aliphatic carbocycles. The van der Waals surface area contributed by atoms with Crippen LogP contribution in [-0.2, 0) is 6.54 Å². The molecule has 1 amide bonds. The molecule has 0 aliphatic heterocycles. The smallest absolute Gasteiger partial charge is 0.293 e. The van der Waals surface area contributed by atoms with Gasteiger partial charge in [-0.3, -0.25) is 14.9 Å². The van der Waals surface area contributed by atoms with Crippen LogP contribution < -0.4 is 10.6 Å². The molecule has 2 N–H and O–H groups in total. The number of anilines is 1. The topological polar surface area (TPSA) is 102 Å². The summed E-state index contributed by atoms with van der Waals surface area (Å²) in [5, 5.41) is 16.8. The SMILES string of the molecule is CNC(=O)c1ccc(NCc2cn3c(C)cccc3n2)c([N+](=O)[O-])c1. The summed E-state index contributed by atoms with van der Waals surface area (Å²) in [6.07, 6.45) is 1.89. The zero-order valence-electron chi connectivity index (χ0n) is 13.8. The summed E-state index contributed by atoms with van der Waals surface area (Å²) in [7, 11) is 1.48. The lowest BCUT2D eigenvalue weighted by Gasteiger charge is -2.07. The maximum Gasteiger partial charge on any atom is 0.293 e. The molecule has 0 aliphatic rings. The van der Waals surface area contributed by atoms with Crippen LogP contribution in [-0.4, -0.2) is 27.3 Å². The minimum atomic E-state index is -0.511. The number of fused-ring (bicyclic) bond motifs is 1. The first-order chi connectivity index (χ1) is 12.0. The predicted octanol–water partition coefficient (Wildman–Crippen LogP) is 2.52. The molecule has 3 rings (SSSR count). The largest absolute Gasteiger partial charge is 0.374 e. The lowest BCUT2D eigenvalue weighted by Crippen LogP contribution is -2.18. The highest BCUT2D eigenvalue weighted by Gasteiger charge is 2.17. The van der Waals surface area contributed by atoms with Gasteiger partial charge in [-0.05, 0) is 31.2 Å². The van der Waals surface area contributed by atoms with Gasteiger partial charge in [-0.25, -0.2) is 4.98 Å². The molecular weight excluding hydrogens is 322 g/mol. The van der Waals surface area contributed by atoms with E-state index in [0.29, 0.717) is 12.2 Å². The molecule has 25 heavy (non-hydrogen) atoms. The van der Waals surface area contributed by atoms with Gasteiger partial charge in [0.15, 0.2) is 0 Å². The van der Waals surface area contributed by atoms with Crippen LogP contribution >= 0.6 is 0 Å². The van der Waals surface area contributed by atoms with Crippen LogP contribution in [0.4, 0.5) is 11.4 Å². The molecule has 2 aromatic heterocycles. The normalized spacial score (nSPS) is 10.6. The van der Waals surface area contributed by atoms with Crippen molar-refractivity contribution >= 4 is 22.9 Å². The van der Waals surface area contributed by atoms with Crippen LogP contribution in [0.1, 0.15) is 21.7 Å². The Hall–Kier alpha value is -3.42. The number of nitro groups is 1. The Balaban J connectivity index is 1.85. The summed E-state index contributed by atoms with van der Waals surface area (Å²) in [5.74, 6) is -0.370. The van der Waals surface area contributed by atoms with Gasteiger partial charge < -0.3 is 15.0 Å². The van der Waals surface area contributed by atoms with Gasteiger partial charge in [0, 0.05) is 30.6 Å². The van der Waals surface area contributed by atoms with Gasteiger partial charge in [0.05, 0.1) is 17.2 Å². The number of hydrogen-bond donors (Lipinski definition) is 2. The number of nitrogens with one attached hydrogen (secondary N) is 2. The zero-order chi connectivity index (χ0) is 18.0. The van der Waals surface area contributed by atoms with Crippen molar-refractivity contribution < 1.29 is 9.72 Å². The monoisotopic (exact) mass is 339 g/mol. The number of carbonyl (C=O) groups excluding carboxylic acids is 1.